The summed E-state index contributed by atoms with van der Waals surface area (Å²) in [6.45, 7) is 9.02. The Morgan fingerprint density at radius 3 is 2.48 bits per heavy atom. The monoisotopic (exact) mass is 369 g/mol. The van der Waals surface area contributed by atoms with Crippen LogP contribution in [0.25, 0.3) is 0 Å². The maximum Gasteiger partial charge on any atom is 0.227 e. The Bertz CT molecular complexity index is 770. The third kappa shape index (κ3) is 5.65. The minimum Gasteiger partial charge on any atom is -0.378 e. The molecule has 0 radical (unpaired) electrons. The van der Waals surface area contributed by atoms with E-state index in [-0.39, 0.29) is 5.91 Å². The lowest BCUT2D eigenvalue weighted by Gasteiger charge is -2.27. The first kappa shape index (κ1) is 19.1. The van der Waals surface area contributed by atoms with Gasteiger partial charge in [0, 0.05) is 42.6 Å². The van der Waals surface area contributed by atoms with Crippen LogP contribution in [0.4, 0.5) is 23.1 Å². The number of carbonyl (C=O) groups is 1. The molecule has 2 aromatic rings. The van der Waals surface area contributed by atoms with Crippen LogP contribution in [0.2, 0.25) is 0 Å². The second-order valence-corrected chi connectivity index (χ2v) is 7.14. The molecule has 3 rings (SSSR count). The Labute approximate surface area is 160 Å². The highest BCUT2D eigenvalue weighted by atomic mass is 16.5. The standard InChI is InChI=1S/C20H27N5O2/c1-14(2)12-19(26)23-17-6-4-16(5-7-17)22-18-13-15(3)21-20(24-18)25-8-10-27-11-9-25/h4-7,13-14H,8-12H2,1-3H3,(H,23,26)(H,21,22,24). The molecule has 0 atom stereocenters. The Balaban J connectivity index is 1.66. The predicted octanol–water partition coefficient (Wildman–Crippen LogP) is 3.35. The van der Waals surface area contributed by atoms with Crippen molar-refractivity contribution in [2.75, 3.05) is 41.8 Å². The molecule has 0 saturated carbocycles. The van der Waals surface area contributed by atoms with Crippen molar-refractivity contribution in [2.24, 2.45) is 5.92 Å². The number of hydrogen-bond donors (Lipinski definition) is 2. The maximum absolute atomic E-state index is 11.9. The highest BCUT2D eigenvalue weighted by Gasteiger charge is 2.15. The van der Waals surface area contributed by atoms with Crippen molar-refractivity contribution in [3.8, 4) is 0 Å². The molecule has 1 amide bonds. The number of aromatic nitrogens is 2. The van der Waals surface area contributed by atoms with Crippen molar-refractivity contribution in [2.45, 2.75) is 27.2 Å². The lowest BCUT2D eigenvalue weighted by molar-refractivity contribution is -0.116. The molecular formula is C20H27N5O2. The number of ether oxygens (including phenoxy) is 1. The van der Waals surface area contributed by atoms with Crippen LogP contribution < -0.4 is 15.5 Å². The van der Waals surface area contributed by atoms with Crippen molar-refractivity contribution in [3.05, 3.63) is 36.0 Å². The zero-order valence-electron chi connectivity index (χ0n) is 16.2. The summed E-state index contributed by atoms with van der Waals surface area (Å²) in [6, 6.07) is 9.55. The van der Waals surface area contributed by atoms with Crippen LogP contribution in [-0.4, -0.2) is 42.2 Å². The molecular weight excluding hydrogens is 342 g/mol. The topological polar surface area (TPSA) is 79.4 Å². The molecule has 1 aliphatic heterocycles. The number of amides is 1. The molecule has 0 aliphatic carbocycles. The van der Waals surface area contributed by atoms with Crippen molar-refractivity contribution in [1.82, 2.24) is 9.97 Å². The van der Waals surface area contributed by atoms with Crippen LogP contribution in [-0.2, 0) is 9.53 Å². The first-order chi connectivity index (χ1) is 13.0. The maximum atomic E-state index is 11.9. The number of nitrogens with one attached hydrogen (secondary N) is 2. The summed E-state index contributed by atoms with van der Waals surface area (Å²) >= 11 is 0. The molecule has 0 spiro atoms. The van der Waals surface area contributed by atoms with Gasteiger partial charge in [-0.1, -0.05) is 13.8 Å². The SMILES string of the molecule is Cc1cc(Nc2ccc(NC(=O)CC(C)C)cc2)nc(N2CCOCC2)n1. The van der Waals surface area contributed by atoms with E-state index in [0.29, 0.717) is 25.6 Å². The van der Waals surface area contributed by atoms with Gasteiger partial charge in [-0.15, -0.1) is 0 Å². The van der Waals surface area contributed by atoms with Crippen molar-refractivity contribution in [1.29, 1.82) is 0 Å². The van der Waals surface area contributed by atoms with E-state index in [0.717, 1.165) is 41.9 Å². The third-order valence-electron chi connectivity index (χ3n) is 4.17. The molecule has 1 aromatic heterocycles. The fraction of sp³-hybridized carbons (Fsp3) is 0.450. The van der Waals surface area contributed by atoms with Crippen LogP contribution in [0.5, 0.6) is 0 Å². The van der Waals surface area contributed by atoms with E-state index < -0.39 is 0 Å². The van der Waals surface area contributed by atoms with Gasteiger partial charge < -0.3 is 20.3 Å². The van der Waals surface area contributed by atoms with Crippen LogP contribution in [0.3, 0.4) is 0 Å². The van der Waals surface area contributed by atoms with Gasteiger partial charge in [-0.05, 0) is 37.1 Å². The second kappa shape index (κ2) is 8.81. The molecule has 1 aromatic carbocycles. The van der Waals surface area contributed by atoms with Crippen molar-refractivity contribution in [3.63, 3.8) is 0 Å². The zero-order valence-corrected chi connectivity index (χ0v) is 16.2. The van der Waals surface area contributed by atoms with Gasteiger partial charge in [0.2, 0.25) is 11.9 Å². The number of benzene rings is 1. The van der Waals surface area contributed by atoms with Gasteiger partial charge in [0.15, 0.2) is 0 Å². The van der Waals surface area contributed by atoms with E-state index in [1.54, 1.807) is 0 Å². The van der Waals surface area contributed by atoms with Gasteiger partial charge in [0.1, 0.15) is 5.82 Å². The average Bonchev–Trinajstić information content (AvgIpc) is 2.63. The van der Waals surface area contributed by atoms with E-state index >= 15 is 0 Å². The molecule has 27 heavy (non-hydrogen) atoms. The predicted molar refractivity (Wildman–Crippen MR) is 108 cm³/mol. The molecule has 1 fully saturated rings. The van der Waals surface area contributed by atoms with Crippen LogP contribution in [0.15, 0.2) is 30.3 Å². The molecule has 0 bridgehead atoms. The number of anilines is 4. The number of hydrogen-bond acceptors (Lipinski definition) is 6. The summed E-state index contributed by atoms with van der Waals surface area (Å²) in [5.74, 6) is 1.85. The first-order valence-electron chi connectivity index (χ1n) is 9.35. The lowest BCUT2D eigenvalue weighted by atomic mass is 10.1. The van der Waals surface area contributed by atoms with Crippen LogP contribution >= 0.6 is 0 Å². The molecule has 1 saturated heterocycles. The second-order valence-electron chi connectivity index (χ2n) is 7.14. The minimum atomic E-state index is 0.0345. The quantitative estimate of drug-likeness (QED) is 0.813. The first-order valence-corrected chi connectivity index (χ1v) is 9.35. The summed E-state index contributed by atoms with van der Waals surface area (Å²) in [5, 5.41) is 6.23. The van der Waals surface area contributed by atoms with Crippen molar-refractivity contribution >= 4 is 29.0 Å². The third-order valence-corrected chi connectivity index (χ3v) is 4.17. The average molecular weight is 369 g/mol. The highest BCUT2D eigenvalue weighted by Crippen LogP contribution is 2.21. The van der Waals surface area contributed by atoms with E-state index in [1.807, 2.05) is 51.1 Å². The fourth-order valence-corrected chi connectivity index (χ4v) is 2.89. The Morgan fingerprint density at radius 2 is 1.81 bits per heavy atom. The van der Waals surface area contributed by atoms with E-state index in [1.165, 1.54) is 0 Å². The smallest absolute Gasteiger partial charge is 0.227 e. The molecule has 0 unspecified atom stereocenters. The van der Waals surface area contributed by atoms with Crippen molar-refractivity contribution < 1.29 is 9.53 Å². The number of rotatable bonds is 6. The number of morpholine rings is 1. The van der Waals surface area contributed by atoms with E-state index in [2.05, 4.69) is 25.5 Å². The molecule has 7 nitrogen and oxygen atoms in total. The summed E-state index contributed by atoms with van der Waals surface area (Å²) < 4.78 is 5.39. The van der Waals surface area contributed by atoms with Gasteiger partial charge >= 0.3 is 0 Å². The molecule has 1 aliphatic rings. The molecule has 144 valence electrons. The summed E-state index contributed by atoms with van der Waals surface area (Å²) in [6.07, 6.45) is 0.518. The summed E-state index contributed by atoms with van der Waals surface area (Å²) in [7, 11) is 0. The Hall–Kier alpha value is -2.67. The van der Waals surface area contributed by atoms with Gasteiger partial charge in [-0.25, -0.2) is 4.98 Å². The zero-order chi connectivity index (χ0) is 19.2. The fourth-order valence-electron chi connectivity index (χ4n) is 2.89. The normalized spacial score (nSPS) is 14.3. The Morgan fingerprint density at radius 1 is 1.15 bits per heavy atom. The van der Waals surface area contributed by atoms with Crippen LogP contribution in [0.1, 0.15) is 26.0 Å². The van der Waals surface area contributed by atoms with E-state index in [9.17, 15) is 4.79 Å². The van der Waals surface area contributed by atoms with Gasteiger partial charge in [-0.2, -0.15) is 4.98 Å². The number of aryl methyl sites for hydroxylation is 1. The van der Waals surface area contributed by atoms with E-state index in [4.69, 9.17) is 4.74 Å². The molecule has 2 heterocycles. The lowest BCUT2D eigenvalue weighted by Crippen LogP contribution is -2.37. The molecule has 7 heteroatoms. The molecule has 2 N–H and O–H groups in total. The number of carbonyl (C=O) groups excluding carboxylic acids is 1. The highest BCUT2D eigenvalue weighted by molar-refractivity contribution is 5.91. The van der Waals surface area contributed by atoms with Crippen LogP contribution in [0, 0.1) is 12.8 Å². The van der Waals surface area contributed by atoms with Gasteiger partial charge in [-0.3, -0.25) is 4.79 Å². The largest absolute Gasteiger partial charge is 0.378 e. The summed E-state index contributed by atoms with van der Waals surface area (Å²) in [4.78, 5) is 23.2. The summed E-state index contributed by atoms with van der Waals surface area (Å²) in [5.41, 5.74) is 2.61. The van der Waals surface area contributed by atoms with Gasteiger partial charge in [0.25, 0.3) is 0 Å². The number of nitrogens with zero attached hydrogens (tertiary/aromatic N) is 3. The van der Waals surface area contributed by atoms with Gasteiger partial charge in [0.05, 0.1) is 13.2 Å². The minimum absolute atomic E-state index is 0.0345. The Kier molecular flexibility index (Phi) is 6.24.